The van der Waals surface area contributed by atoms with Crippen LogP contribution < -0.4 is 5.32 Å². The van der Waals surface area contributed by atoms with E-state index in [9.17, 15) is 4.79 Å². The first kappa shape index (κ1) is 12.6. The Labute approximate surface area is 107 Å². The van der Waals surface area contributed by atoms with Crippen LogP contribution in [0.4, 0.5) is 0 Å². The van der Waals surface area contributed by atoms with E-state index in [1.807, 2.05) is 25.1 Å². The molecule has 0 fully saturated rings. The summed E-state index contributed by atoms with van der Waals surface area (Å²) in [5, 5.41) is 2.78. The van der Waals surface area contributed by atoms with Crippen molar-refractivity contribution in [1.82, 2.24) is 14.9 Å². The van der Waals surface area contributed by atoms with Gasteiger partial charge in [0.1, 0.15) is 5.82 Å². The molecule has 1 amide bonds. The second kappa shape index (κ2) is 5.67. The fourth-order valence-corrected chi connectivity index (χ4v) is 2.15. The molecule has 4 heteroatoms. The summed E-state index contributed by atoms with van der Waals surface area (Å²) in [5.41, 5.74) is 2.13. The Morgan fingerprint density at radius 2 is 2.22 bits per heavy atom. The van der Waals surface area contributed by atoms with E-state index in [1.54, 1.807) is 0 Å². The number of para-hydroxylation sites is 2. The maximum Gasteiger partial charge on any atom is 0.207 e. The number of nitrogens with one attached hydrogen (secondary N) is 1. The van der Waals surface area contributed by atoms with Crippen LogP contribution in [0.25, 0.3) is 11.0 Å². The van der Waals surface area contributed by atoms with Gasteiger partial charge in [0.15, 0.2) is 0 Å². The summed E-state index contributed by atoms with van der Waals surface area (Å²) >= 11 is 0. The third-order valence-electron chi connectivity index (χ3n) is 3.12. The van der Waals surface area contributed by atoms with Gasteiger partial charge in [0, 0.05) is 6.54 Å². The van der Waals surface area contributed by atoms with Crippen molar-refractivity contribution >= 4 is 17.4 Å². The Balaban J connectivity index is 2.45. The lowest BCUT2D eigenvalue weighted by Crippen LogP contribution is -2.20. The molecule has 96 valence electrons. The number of rotatable bonds is 6. The molecule has 1 N–H and O–H groups in total. The van der Waals surface area contributed by atoms with Crippen LogP contribution in [-0.4, -0.2) is 16.0 Å². The molecule has 2 aromatic rings. The number of carbonyl (C=O) groups excluding carboxylic acids is 1. The molecule has 0 aliphatic rings. The summed E-state index contributed by atoms with van der Waals surface area (Å²) in [7, 11) is 0. The van der Waals surface area contributed by atoms with E-state index < -0.39 is 0 Å². The first-order valence-electron chi connectivity index (χ1n) is 6.42. The zero-order chi connectivity index (χ0) is 13.0. The van der Waals surface area contributed by atoms with Crippen molar-refractivity contribution in [1.29, 1.82) is 0 Å². The highest BCUT2D eigenvalue weighted by molar-refractivity contribution is 5.76. The molecule has 1 heterocycles. The molecule has 1 aromatic heterocycles. The van der Waals surface area contributed by atoms with Gasteiger partial charge in [-0.25, -0.2) is 4.98 Å². The maximum atomic E-state index is 10.6. The zero-order valence-corrected chi connectivity index (χ0v) is 10.9. The van der Waals surface area contributed by atoms with Crippen molar-refractivity contribution in [3.63, 3.8) is 0 Å². The standard InChI is InChI=1S/C14H19N3O/c1-3-4-9-17-13-8-6-5-7-12(13)16-14(17)11(2)15-10-18/h5-8,10-11H,3-4,9H2,1-2H3,(H,15,18)/t11-/m1/s1. The number of aryl methyl sites for hydroxylation is 1. The third-order valence-corrected chi connectivity index (χ3v) is 3.12. The maximum absolute atomic E-state index is 10.6. The van der Waals surface area contributed by atoms with Crippen LogP contribution in [-0.2, 0) is 11.3 Å². The fourth-order valence-electron chi connectivity index (χ4n) is 2.15. The van der Waals surface area contributed by atoms with Crippen molar-refractivity contribution in [2.45, 2.75) is 39.3 Å². The first-order chi connectivity index (χ1) is 8.77. The van der Waals surface area contributed by atoms with E-state index >= 15 is 0 Å². The summed E-state index contributed by atoms with van der Waals surface area (Å²) in [4.78, 5) is 15.2. The number of nitrogens with zero attached hydrogens (tertiary/aromatic N) is 2. The number of hydrogen-bond donors (Lipinski definition) is 1. The van der Waals surface area contributed by atoms with Crippen LogP contribution in [0.15, 0.2) is 24.3 Å². The summed E-state index contributed by atoms with van der Waals surface area (Å²) in [6.45, 7) is 5.07. The highest BCUT2D eigenvalue weighted by atomic mass is 16.1. The molecule has 0 unspecified atom stereocenters. The van der Waals surface area contributed by atoms with Crippen LogP contribution in [0.3, 0.4) is 0 Å². The Kier molecular flexibility index (Phi) is 3.97. The van der Waals surface area contributed by atoms with E-state index in [1.165, 1.54) is 0 Å². The van der Waals surface area contributed by atoms with E-state index in [-0.39, 0.29) is 6.04 Å². The second-order valence-corrected chi connectivity index (χ2v) is 4.47. The number of aromatic nitrogens is 2. The lowest BCUT2D eigenvalue weighted by molar-refractivity contribution is -0.110. The number of imidazole rings is 1. The van der Waals surface area contributed by atoms with E-state index in [0.29, 0.717) is 0 Å². The lowest BCUT2D eigenvalue weighted by Gasteiger charge is -2.13. The number of amides is 1. The normalized spacial score (nSPS) is 12.6. The van der Waals surface area contributed by atoms with Gasteiger partial charge in [-0.2, -0.15) is 0 Å². The minimum absolute atomic E-state index is 0.0632. The van der Waals surface area contributed by atoms with E-state index in [4.69, 9.17) is 0 Å². The van der Waals surface area contributed by atoms with Crippen molar-refractivity contribution in [3.8, 4) is 0 Å². The van der Waals surface area contributed by atoms with Crippen LogP contribution in [0.1, 0.15) is 38.6 Å². The molecule has 18 heavy (non-hydrogen) atoms. The van der Waals surface area contributed by atoms with Gasteiger partial charge in [0.25, 0.3) is 0 Å². The molecule has 0 saturated carbocycles. The first-order valence-corrected chi connectivity index (χ1v) is 6.42. The Morgan fingerprint density at radius 3 is 2.94 bits per heavy atom. The quantitative estimate of drug-likeness (QED) is 0.795. The zero-order valence-electron chi connectivity index (χ0n) is 10.9. The van der Waals surface area contributed by atoms with Gasteiger partial charge in [-0.15, -0.1) is 0 Å². The highest BCUT2D eigenvalue weighted by Gasteiger charge is 2.15. The summed E-state index contributed by atoms with van der Waals surface area (Å²) < 4.78 is 2.21. The number of carbonyl (C=O) groups is 1. The monoisotopic (exact) mass is 245 g/mol. The average Bonchev–Trinajstić information content (AvgIpc) is 2.75. The van der Waals surface area contributed by atoms with Gasteiger partial charge in [0.05, 0.1) is 17.1 Å². The fraction of sp³-hybridized carbons (Fsp3) is 0.429. The molecule has 4 nitrogen and oxygen atoms in total. The van der Waals surface area contributed by atoms with Gasteiger partial charge in [-0.1, -0.05) is 25.5 Å². The average molecular weight is 245 g/mol. The molecule has 1 atom stereocenters. The Morgan fingerprint density at radius 1 is 1.44 bits per heavy atom. The van der Waals surface area contributed by atoms with Crippen LogP contribution in [0, 0.1) is 0 Å². The van der Waals surface area contributed by atoms with Gasteiger partial charge in [-0.3, -0.25) is 4.79 Å². The van der Waals surface area contributed by atoms with Crippen molar-refractivity contribution in [2.24, 2.45) is 0 Å². The minimum atomic E-state index is -0.0632. The lowest BCUT2D eigenvalue weighted by atomic mass is 10.2. The topological polar surface area (TPSA) is 46.9 Å². The van der Waals surface area contributed by atoms with Crippen molar-refractivity contribution in [2.75, 3.05) is 0 Å². The molecule has 0 spiro atoms. The molecule has 2 rings (SSSR count). The molecular formula is C14H19N3O. The molecular weight excluding hydrogens is 226 g/mol. The van der Waals surface area contributed by atoms with E-state index in [0.717, 1.165) is 42.7 Å². The van der Waals surface area contributed by atoms with Crippen LogP contribution in [0.5, 0.6) is 0 Å². The molecule has 1 aromatic carbocycles. The Hall–Kier alpha value is -1.84. The highest BCUT2D eigenvalue weighted by Crippen LogP contribution is 2.21. The van der Waals surface area contributed by atoms with Crippen molar-refractivity contribution < 1.29 is 4.79 Å². The van der Waals surface area contributed by atoms with Crippen LogP contribution >= 0.6 is 0 Å². The van der Waals surface area contributed by atoms with Gasteiger partial charge >= 0.3 is 0 Å². The number of hydrogen-bond acceptors (Lipinski definition) is 2. The molecule has 0 bridgehead atoms. The smallest absolute Gasteiger partial charge is 0.207 e. The molecule has 0 aliphatic heterocycles. The predicted molar refractivity (Wildman–Crippen MR) is 72.3 cm³/mol. The van der Waals surface area contributed by atoms with Crippen molar-refractivity contribution in [3.05, 3.63) is 30.1 Å². The summed E-state index contributed by atoms with van der Waals surface area (Å²) in [5.74, 6) is 0.928. The number of fused-ring (bicyclic) bond motifs is 1. The van der Waals surface area contributed by atoms with E-state index in [2.05, 4.69) is 27.9 Å². The molecule has 0 saturated heterocycles. The van der Waals surface area contributed by atoms with Crippen LogP contribution in [0.2, 0.25) is 0 Å². The third kappa shape index (κ3) is 2.37. The minimum Gasteiger partial charge on any atom is -0.349 e. The van der Waals surface area contributed by atoms with Gasteiger partial charge in [-0.05, 0) is 25.5 Å². The molecule has 0 radical (unpaired) electrons. The summed E-state index contributed by atoms with van der Waals surface area (Å²) in [6, 6.07) is 8.03. The summed E-state index contributed by atoms with van der Waals surface area (Å²) in [6.07, 6.45) is 2.98. The second-order valence-electron chi connectivity index (χ2n) is 4.47. The number of benzene rings is 1. The molecule has 0 aliphatic carbocycles. The SMILES string of the molecule is CCCCn1c([C@@H](C)NC=O)nc2ccccc21. The predicted octanol–water partition coefficient (Wildman–Crippen LogP) is 2.64. The largest absolute Gasteiger partial charge is 0.349 e. The Bertz CT molecular complexity index is 533. The van der Waals surface area contributed by atoms with Gasteiger partial charge in [0.2, 0.25) is 6.41 Å². The van der Waals surface area contributed by atoms with Gasteiger partial charge < -0.3 is 9.88 Å². The number of unbranched alkanes of at least 4 members (excludes halogenated alkanes) is 1.